The molecule has 0 saturated heterocycles. The topological polar surface area (TPSA) is 93.1 Å². The van der Waals surface area contributed by atoms with Gasteiger partial charge in [-0.3, -0.25) is 9.59 Å². The first-order chi connectivity index (χ1) is 16.5. The molecule has 0 unspecified atom stereocenters. The van der Waals surface area contributed by atoms with Crippen LogP contribution in [0.5, 0.6) is 23.0 Å². The van der Waals surface area contributed by atoms with Gasteiger partial charge in [-0.1, -0.05) is 83.1 Å². The van der Waals surface area contributed by atoms with Crippen LogP contribution in [0, 0.1) is 0 Å². The standard InChI is InChI=1S/C31H44O6/c1-28(2,3)20-13-18(14-21(26(20)34)29(4,5)6)36-24(32)17-25(33)37-19-15-22(30(7,8)9)27(35)23(16-19)31(10,11)12/h13-16,34-35H,17H2,1-12H3. The van der Waals surface area contributed by atoms with Gasteiger partial charge in [-0.2, -0.15) is 0 Å². The summed E-state index contributed by atoms with van der Waals surface area (Å²) in [4.78, 5) is 25.4. The van der Waals surface area contributed by atoms with Crippen molar-refractivity contribution in [3.8, 4) is 23.0 Å². The maximum absolute atomic E-state index is 12.7. The van der Waals surface area contributed by atoms with Crippen molar-refractivity contribution in [3.05, 3.63) is 46.5 Å². The highest BCUT2D eigenvalue weighted by Gasteiger charge is 2.29. The van der Waals surface area contributed by atoms with E-state index in [9.17, 15) is 19.8 Å². The highest BCUT2D eigenvalue weighted by molar-refractivity contribution is 5.93. The van der Waals surface area contributed by atoms with E-state index in [0.29, 0.717) is 22.3 Å². The third-order valence-electron chi connectivity index (χ3n) is 6.15. The molecular weight excluding hydrogens is 468 g/mol. The van der Waals surface area contributed by atoms with Gasteiger partial charge in [0.2, 0.25) is 0 Å². The van der Waals surface area contributed by atoms with Crippen LogP contribution in [0.15, 0.2) is 24.3 Å². The van der Waals surface area contributed by atoms with Crippen LogP contribution in [-0.4, -0.2) is 22.2 Å². The lowest BCUT2D eigenvalue weighted by molar-refractivity contribution is -0.144. The zero-order valence-electron chi connectivity index (χ0n) is 24.5. The maximum Gasteiger partial charge on any atom is 0.322 e. The lowest BCUT2D eigenvalue weighted by Crippen LogP contribution is -2.21. The number of ether oxygens (including phenoxy) is 2. The first-order valence-electron chi connectivity index (χ1n) is 12.7. The molecule has 2 N–H and O–H groups in total. The number of hydrogen-bond acceptors (Lipinski definition) is 6. The highest BCUT2D eigenvalue weighted by Crippen LogP contribution is 2.43. The Labute approximate surface area is 222 Å². The van der Waals surface area contributed by atoms with Gasteiger partial charge in [0, 0.05) is 22.3 Å². The van der Waals surface area contributed by atoms with Gasteiger partial charge in [0.25, 0.3) is 0 Å². The van der Waals surface area contributed by atoms with E-state index in [1.54, 1.807) is 24.3 Å². The largest absolute Gasteiger partial charge is 0.507 e. The second-order valence-electron chi connectivity index (χ2n) is 13.9. The van der Waals surface area contributed by atoms with E-state index in [1.807, 2.05) is 83.1 Å². The average Bonchev–Trinajstić information content (AvgIpc) is 2.66. The van der Waals surface area contributed by atoms with E-state index in [4.69, 9.17) is 9.47 Å². The van der Waals surface area contributed by atoms with Gasteiger partial charge in [0.1, 0.15) is 29.4 Å². The van der Waals surface area contributed by atoms with Crippen molar-refractivity contribution in [1.82, 2.24) is 0 Å². The first-order valence-corrected chi connectivity index (χ1v) is 12.7. The van der Waals surface area contributed by atoms with Crippen molar-refractivity contribution in [2.45, 2.75) is 111 Å². The van der Waals surface area contributed by atoms with Crippen molar-refractivity contribution in [2.24, 2.45) is 0 Å². The van der Waals surface area contributed by atoms with E-state index in [1.165, 1.54) is 0 Å². The Bertz CT molecular complexity index is 1010. The maximum atomic E-state index is 12.7. The van der Waals surface area contributed by atoms with Crippen molar-refractivity contribution >= 4 is 11.9 Å². The summed E-state index contributed by atoms with van der Waals surface area (Å²) in [6.45, 7) is 23.6. The second-order valence-corrected chi connectivity index (χ2v) is 13.9. The van der Waals surface area contributed by atoms with Crippen LogP contribution in [-0.2, 0) is 31.2 Å². The molecule has 0 saturated carbocycles. The Balaban J connectivity index is 2.32. The van der Waals surface area contributed by atoms with Crippen molar-refractivity contribution in [3.63, 3.8) is 0 Å². The minimum absolute atomic E-state index is 0.177. The molecule has 0 aromatic heterocycles. The molecule has 0 fully saturated rings. The predicted molar refractivity (Wildman–Crippen MR) is 147 cm³/mol. The molecule has 0 radical (unpaired) electrons. The molecule has 204 valence electrons. The van der Waals surface area contributed by atoms with E-state index in [0.717, 1.165) is 0 Å². The molecule has 2 aromatic carbocycles. The predicted octanol–water partition coefficient (Wildman–Crippen LogP) is 7.19. The molecule has 2 aromatic rings. The summed E-state index contributed by atoms with van der Waals surface area (Å²) in [6.07, 6.45) is -0.590. The smallest absolute Gasteiger partial charge is 0.322 e. The zero-order chi connectivity index (χ0) is 28.7. The van der Waals surface area contributed by atoms with Gasteiger partial charge in [0.15, 0.2) is 0 Å². The summed E-state index contributed by atoms with van der Waals surface area (Å²) >= 11 is 0. The molecule has 0 spiro atoms. The van der Waals surface area contributed by atoms with Crippen LogP contribution in [0.25, 0.3) is 0 Å². The molecule has 0 bridgehead atoms. The van der Waals surface area contributed by atoms with E-state index in [-0.39, 0.29) is 44.7 Å². The Kier molecular flexibility index (Phi) is 8.19. The van der Waals surface area contributed by atoms with Gasteiger partial charge in [-0.15, -0.1) is 0 Å². The molecule has 0 atom stereocenters. The fourth-order valence-electron chi connectivity index (χ4n) is 4.07. The number of carbonyl (C=O) groups excluding carboxylic acids is 2. The number of carbonyl (C=O) groups is 2. The third kappa shape index (κ3) is 7.50. The number of esters is 2. The van der Waals surface area contributed by atoms with Crippen molar-refractivity contribution < 1.29 is 29.3 Å². The molecule has 37 heavy (non-hydrogen) atoms. The van der Waals surface area contributed by atoms with E-state index >= 15 is 0 Å². The van der Waals surface area contributed by atoms with Crippen molar-refractivity contribution in [2.75, 3.05) is 0 Å². The second kappa shape index (κ2) is 10.0. The molecule has 0 aliphatic carbocycles. The summed E-state index contributed by atoms with van der Waals surface area (Å²) in [5, 5.41) is 21.7. The minimum Gasteiger partial charge on any atom is -0.507 e. The summed E-state index contributed by atoms with van der Waals surface area (Å²) < 4.78 is 11.1. The van der Waals surface area contributed by atoms with Crippen LogP contribution < -0.4 is 9.47 Å². The number of aromatic hydroxyl groups is 2. The number of phenols is 2. The minimum atomic E-state index is -0.763. The lowest BCUT2D eigenvalue weighted by Gasteiger charge is -2.28. The lowest BCUT2D eigenvalue weighted by atomic mass is 9.79. The number of benzene rings is 2. The fourth-order valence-corrected chi connectivity index (χ4v) is 4.07. The van der Waals surface area contributed by atoms with Crippen LogP contribution in [0.3, 0.4) is 0 Å². The summed E-state index contributed by atoms with van der Waals surface area (Å²) in [5.41, 5.74) is 1.05. The first kappa shape index (κ1) is 30.2. The zero-order valence-corrected chi connectivity index (χ0v) is 24.5. The van der Waals surface area contributed by atoms with E-state index < -0.39 is 18.4 Å². The Morgan fingerprint density at radius 1 is 0.541 bits per heavy atom. The third-order valence-corrected chi connectivity index (χ3v) is 6.15. The van der Waals surface area contributed by atoms with Gasteiger partial charge in [-0.05, 0) is 45.9 Å². The molecular formula is C31H44O6. The Morgan fingerprint density at radius 2 is 0.757 bits per heavy atom. The fraction of sp³-hybridized carbons (Fsp3) is 0.548. The Morgan fingerprint density at radius 3 is 0.946 bits per heavy atom. The van der Waals surface area contributed by atoms with E-state index in [2.05, 4.69) is 0 Å². The molecule has 6 heteroatoms. The van der Waals surface area contributed by atoms with Crippen LogP contribution in [0.4, 0.5) is 0 Å². The average molecular weight is 513 g/mol. The molecule has 6 nitrogen and oxygen atoms in total. The number of phenolic OH excluding ortho intramolecular Hbond substituents is 2. The van der Waals surface area contributed by atoms with Gasteiger partial charge >= 0.3 is 11.9 Å². The monoisotopic (exact) mass is 512 g/mol. The van der Waals surface area contributed by atoms with Gasteiger partial charge < -0.3 is 19.7 Å². The van der Waals surface area contributed by atoms with Crippen molar-refractivity contribution in [1.29, 1.82) is 0 Å². The van der Waals surface area contributed by atoms with Crippen LogP contribution in [0.1, 0.15) is 112 Å². The summed E-state index contributed by atoms with van der Waals surface area (Å²) in [5.74, 6) is -0.644. The van der Waals surface area contributed by atoms with Crippen LogP contribution >= 0.6 is 0 Å². The number of hydrogen-bond donors (Lipinski definition) is 2. The number of rotatable bonds is 4. The SMILES string of the molecule is CC(C)(C)c1cc(OC(=O)CC(=O)Oc2cc(C(C)(C)C)c(O)c(C(C)(C)C)c2)cc(C(C)(C)C)c1O. The van der Waals surface area contributed by atoms with Crippen LogP contribution in [0.2, 0.25) is 0 Å². The highest BCUT2D eigenvalue weighted by atomic mass is 16.6. The van der Waals surface area contributed by atoms with Gasteiger partial charge in [0.05, 0.1) is 0 Å². The molecule has 2 rings (SSSR count). The normalized spacial score (nSPS) is 12.9. The quantitative estimate of drug-likeness (QED) is 0.256. The molecule has 0 heterocycles. The molecule has 0 aliphatic rings. The summed E-state index contributed by atoms with van der Waals surface area (Å²) in [6, 6.07) is 6.55. The Hall–Kier alpha value is -3.02. The molecule has 0 aliphatic heterocycles. The molecule has 0 amide bonds. The van der Waals surface area contributed by atoms with Gasteiger partial charge in [-0.25, -0.2) is 0 Å². The summed E-state index contributed by atoms with van der Waals surface area (Å²) in [7, 11) is 0.